The third-order valence-corrected chi connectivity index (χ3v) is 8.95. The Bertz CT molecular complexity index is 2160. The number of rotatable bonds is 4. The number of hydrogen-bond acceptors (Lipinski definition) is 8. The summed E-state index contributed by atoms with van der Waals surface area (Å²) < 4.78 is 16.5. The van der Waals surface area contributed by atoms with Crippen molar-refractivity contribution >= 4 is 68.4 Å². The van der Waals surface area contributed by atoms with Crippen LogP contribution in [0.4, 0.5) is 38.5 Å². The molecule has 6 aromatic rings. The van der Waals surface area contributed by atoms with Crippen LogP contribution >= 0.6 is 23.5 Å². The van der Waals surface area contributed by atoms with Crippen molar-refractivity contribution in [3.63, 3.8) is 0 Å². The van der Waals surface area contributed by atoms with E-state index in [0.29, 0.717) is 33.1 Å². The van der Waals surface area contributed by atoms with Gasteiger partial charge in [0.05, 0.1) is 34.1 Å². The van der Waals surface area contributed by atoms with Gasteiger partial charge in [0, 0.05) is 51.1 Å². The molecule has 2 heterocycles. The number of hydrogen-bond donors (Lipinski definition) is 0. The SMILES string of the molecule is N#CSc1nc2c(nc1SC#N)-c1c(F)cc(N3c4ccccc4N(c4ccccc4)c4ccccc43)c3cccc-2c13. The molecule has 1 aliphatic heterocycles. The van der Waals surface area contributed by atoms with Crippen LogP contribution in [0.2, 0.25) is 0 Å². The summed E-state index contributed by atoms with van der Waals surface area (Å²) in [6, 6.07) is 33.9. The minimum atomic E-state index is -0.433. The minimum absolute atomic E-state index is 0.289. The van der Waals surface area contributed by atoms with Crippen molar-refractivity contribution in [3.05, 3.63) is 109 Å². The zero-order valence-electron chi connectivity index (χ0n) is 22.2. The van der Waals surface area contributed by atoms with Crippen LogP contribution in [0.1, 0.15) is 0 Å². The Kier molecular flexibility index (Phi) is 5.83. The van der Waals surface area contributed by atoms with E-state index in [2.05, 4.69) is 51.2 Å². The van der Waals surface area contributed by atoms with Gasteiger partial charge in [-0.2, -0.15) is 10.5 Å². The molecule has 0 unspecified atom stereocenters. The second kappa shape index (κ2) is 9.88. The molecule has 8 rings (SSSR count). The third kappa shape index (κ3) is 3.73. The van der Waals surface area contributed by atoms with Gasteiger partial charge in [-0.25, -0.2) is 14.4 Å². The van der Waals surface area contributed by atoms with E-state index in [9.17, 15) is 10.5 Å². The molecule has 0 saturated heterocycles. The lowest BCUT2D eigenvalue weighted by Crippen LogP contribution is -2.24. The van der Waals surface area contributed by atoms with E-state index in [1.165, 1.54) is 0 Å². The summed E-state index contributed by atoms with van der Waals surface area (Å²) >= 11 is 1.66. The highest BCUT2D eigenvalue weighted by Crippen LogP contribution is 2.57. The largest absolute Gasteiger partial charge is 0.306 e. The Morgan fingerprint density at radius 3 is 1.77 bits per heavy atom. The summed E-state index contributed by atoms with van der Waals surface area (Å²) in [5.41, 5.74) is 7.47. The predicted octanol–water partition coefficient (Wildman–Crippen LogP) is 9.82. The van der Waals surface area contributed by atoms with Crippen LogP contribution in [0.5, 0.6) is 0 Å². The number of fused-ring (bicyclic) bond motifs is 5. The van der Waals surface area contributed by atoms with Crippen molar-refractivity contribution in [1.82, 2.24) is 9.97 Å². The third-order valence-electron chi connectivity index (χ3n) is 7.69. The summed E-state index contributed by atoms with van der Waals surface area (Å²) in [4.78, 5) is 13.7. The first kappa shape index (κ1) is 25.4. The normalized spacial score (nSPS) is 12.3. The second-order valence-corrected chi connectivity index (χ2v) is 11.4. The van der Waals surface area contributed by atoms with Crippen molar-refractivity contribution in [1.29, 1.82) is 10.5 Å². The molecule has 0 fully saturated rings. The lowest BCUT2D eigenvalue weighted by molar-refractivity contribution is 0.632. The second-order valence-electron chi connectivity index (χ2n) is 9.88. The average Bonchev–Trinajstić information content (AvgIpc) is 3.37. The van der Waals surface area contributed by atoms with E-state index >= 15 is 4.39 Å². The van der Waals surface area contributed by atoms with Crippen molar-refractivity contribution < 1.29 is 4.39 Å². The van der Waals surface area contributed by atoms with Crippen LogP contribution < -0.4 is 9.80 Å². The molecule has 9 heteroatoms. The topological polar surface area (TPSA) is 79.8 Å². The number of nitriles is 2. The van der Waals surface area contributed by atoms with E-state index in [0.717, 1.165) is 62.9 Å². The molecule has 5 aromatic carbocycles. The summed E-state index contributed by atoms with van der Waals surface area (Å²) in [6.45, 7) is 0. The highest BCUT2D eigenvalue weighted by molar-refractivity contribution is 8.06. The first-order valence-electron chi connectivity index (χ1n) is 13.3. The van der Waals surface area contributed by atoms with Gasteiger partial charge in [0.1, 0.15) is 32.4 Å². The molecule has 1 aromatic heterocycles. The number of aromatic nitrogens is 2. The fraction of sp³-hybridized carbons (Fsp3) is 0. The number of thiocyanates is 2. The van der Waals surface area contributed by atoms with Gasteiger partial charge in [0.15, 0.2) is 0 Å². The molecule has 6 nitrogen and oxygen atoms in total. The van der Waals surface area contributed by atoms with Gasteiger partial charge in [-0.1, -0.05) is 60.7 Å². The molecular weight excluding hydrogens is 576 g/mol. The zero-order chi connectivity index (χ0) is 29.1. The molecule has 202 valence electrons. The van der Waals surface area contributed by atoms with Crippen molar-refractivity contribution in [2.75, 3.05) is 9.80 Å². The van der Waals surface area contributed by atoms with Gasteiger partial charge < -0.3 is 9.80 Å². The fourth-order valence-corrected chi connectivity index (χ4v) is 7.05. The van der Waals surface area contributed by atoms with Crippen LogP contribution in [0.15, 0.2) is 113 Å². The fourth-order valence-electron chi connectivity index (χ4n) is 6.08. The van der Waals surface area contributed by atoms with Crippen LogP contribution in [-0.4, -0.2) is 9.97 Å². The van der Waals surface area contributed by atoms with Crippen LogP contribution in [-0.2, 0) is 0 Å². The van der Waals surface area contributed by atoms with Crippen molar-refractivity contribution in [3.8, 4) is 33.3 Å². The van der Waals surface area contributed by atoms with E-state index in [1.807, 2.05) is 71.5 Å². The maximum atomic E-state index is 16.5. The molecule has 43 heavy (non-hydrogen) atoms. The Labute approximate surface area is 254 Å². The molecular formula is C34H17FN6S2. The Morgan fingerprint density at radius 2 is 1.16 bits per heavy atom. The van der Waals surface area contributed by atoms with Gasteiger partial charge in [0.25, 0.3) is 0 Å². The van der Waals surface area contributed by atoms with E-state index in [1.54, 1.807) is 6.07 Å². The van der Waals surface area contributed by atoms with Gasteiger partial charge in [-0.3, -0.25) is 0 Å². The Balaban J connectivity index is 1.40. The van der Waals surface area contributed by atoms with E-state index < -0.39 is 5.82 Å². The molecule has 1 aliphatic carbocycles. The van der Waals surface area contributed by atoms with Crippen molar-refractivity contribution in [2.24, 2.45) is 0 Å². The first-order valence-corrected chi connectivity index (χ1v) is 15.0. The maximum absolute atomic E-state index is 16.5. The summed E-state index contributed by atoms with van der Waals surface area (Å²) in [7, 11) is 0. The van der Waals surface area contributed by atoms with Gasteiger partial charge >= 0.3 is 0 Å². The highest BCUT2D eigenvalue weighted by Gasteiger charge is 2.35. The Morgan fingerprint density at radius 1 is 0.605 bits per heavy atom. The van der Waals surface area contributed by atoms with Crippen molar-refractivity contribution in [2.45, 2.75) is 10.1 Å². The average molecular weight is 593 g/mol. The Hall–Kier alpha value is -5.35. The summed E-state index contributed by atoms with van der Waals surface area (Å²) in [5, 5.41) is 24.9. The number of anilines is 6. The highest BCUT2D eigenvalue weighted by atomic mass is 32.2. The maximum Gasteiger partial charge on any atom is 0.145 e. The minimum Gasteiger partial charge on any atom is -0.306 e. The molecule has 0 N–H and O–H groups in total. The monoisotopic (exact) mass is 592 g/mol. The lowest BCUT2D eigenvalue weighted by Gasteiger charge is -2.40. The molecule has 0 atom stereocenters. The number of benzene rings is 5. The molecule has 0 saturated carbocycles. The summed E-state index contributed by atoms with van der Waals surface area (Å²) in [5.74, 6) is -0.433. The van der Waals surface area contributed by atoms with Gasteiger partial charge in [-0.05, 0) is 42.5 Å². The van der Waals surface area contributed by atoms with Gasteiger partial charge in [-0.15, -0.1) is 0 Å². The predicted molar refractivity (Wildman–Crippen MR) is 170 cm³/mol. The van der Waals surface area contributed by atoms with E-state index in [4.69, 9.17) is 4.98 Å². The van der Waals surface area contributed by atoms with Crippen LogP contribution in [0, 0.1) is 27.1 Å². The zero-order valence-corrected chi connectivity index (χ0v) is 23.8. The first-order chi connectivity index (χ1) is 21.2. The standard InChI is InChI=1S/C34H17FN6S2/c35-23-17-28(21-11-8-12-22-29(21)30(23)32-31(22)38-33(42-18-36)34(39-32)43-19-37)41-26-15-6-4-13-24(26)40(20-9-2-1-3-10-20)25-14-5-7-16-27(25)41/h1-17H. The number of thioether (sulfide) groups is 2. The molecule has 0 radical (unpaired) electrons. The van der Waals surface area contributed by atoms with Crippen LogP contribution in [0.25, 0.3) is 33.3 Å². The molecule has 0 bridgehead atoms. The number of halogens is 1. The van der Waals surface area contributed by atoms with Gasteiger partial charge in [0.2, 0.25) is 0 Å². The molecule has 2 aliphatic rings. The molecule has 0 spiro atoms. The number of nitrogens with zero attached hydrogens (tertiary/aromatic N) is 6. The summed E-state index contributed by atoms with van der Waals surface area (Å²) in [6.07, 6.45) is 0. The smallest absolute Gasteiger partial charge is 0.145 e. The van der Waals surface area contributed by atoms with E-state index in [-0.39, 0.29) is 5.03 Å². The number of para-hydroxylation sites is 5. The quantitative estimate of drug-likeness (QED) is 0.148. The van der Waals surface area contributed by atoms with Crippen LogP contribution in [0.3, 0.4) is 0 Å². The lowest BCUT2D eigenvalue weighted by atomic mass is 9.98. The molecule has 0 amide bonds.